The third kappa shape index (κ3) is 9.74. The molecule has 22 rings (SSSR count). The molecule has 6 heteroatoms. The van der Waals surface area contributed by atoms with Crippen LogP contribution in [0.4, 0.5) is 34.1 Å². The van der Waals surface area contributed by atoms with Crippen molar-refractivity contribution in [2.45, 2.75) is 0 Å². The Morgan fingerprint density at radius 1 is 0.213 bits per heavy atom. The van der Waals surface area contributed by atoms with Crippen LogP contribution in [0, 0.1) is 0 Å². The van der Waals surface area contributed by atoms with Crippen molar-refractivity contribution in [1.82, 2.24) is 4.57 Å². The average molecular weight is 1370 g/mol. The van der Waals surface area contributed by atoms with E-state index in [1.54, 1.807) is 0 Å². The maximum atomic E-state index is 7.80. The van der Waals surface area contributed by atoms with E-state index in [1.165, 1.54) is 10.8 Å². The summed E-state index contributed by atoms with van der Waals surface area (Å²) in [7, 11) is 0. The van der Waals surface area contributed by atoms with Gasteiger partial charge >= 0.3 is 0 Å². The highest BCUT2D eigenvalue weighted by molar-refractivity contribution is 7.00. The number of fused-ring (bicyclic) bond motifs is 14. The molecule has 0 N–H and O–H groups in total. The zero-order valence-corrected chi connectivity index (χ0v) is 58.7. The van der Waals surface area contributed by atoms with Crippen LogP contribution in [0.2, 0.25) is 0 Å². The van der Waals surface area contributed by atoms with E-state index < -0.39 is 6.71 Å². The molecule has 502 valence electrons. The highest BCUT2D eigenvalue weighted by Gasteiger charge is 2.48. The van der Waals surface area contributed by atoms with Gasteiger partial charge < -0.3 is 23.2 Å². The van der Waals surface area contributed by atoms with Crippen molar-refractivity contribution in [3.05, 3.63) is 388 Å². The van der Waals surface area contributed by atoms with Crippen LogP contribution in [-0.2, 0) is 0 Å². The quantitative estimate of drug-likeness (QED) is 0.121. The Hall–Kier alpha value is -14.2. The molecule has 0 spiro atoms. The molecular formula is C102H64BN3O2. The van der Waals surface area contributed by atoms with E-state index in [2.05, 4.69) is 403 Å². The van der Waals surface area contributed by atoms with Gasteiger partial charge in [0.25, 0.3) is 6.71 Å². The molecule has 0 saturated heterocycles. The van der Waals surface area contributed by atoms with Gasteiger partial charge in [-0.15, -0.1) is 0 Å². The van der Waals surface area contributed by atoms with Crippen LogP contribution in [0.1, 0.15) is 0 Å². The molecule has 0 amide bonds. The summed E-state index contributed by atoms with van der Waals surface area (Å²) in [6.07, 6.45) is 0. The monoisotopic (exact) mass is 1370 g/mol. The lowest BCUT2D eigenvalue weighted by Crippen LogP contribution is -2.61. The van der Waals surface area contributed by atoms with Gasteiger partial charge in [-0.05, 0) is 168 Å². The zero-order valence-electron chi connectivity index (χ0n) is 58.7. The molecule has 0 saturated carbocycles. The van der Waals surface area contributed by atoms with Gasteiger partial charge in [-0.25, -0.2) is 0 Å². The minimum absolute atomic E-state index is 0.423. The summed E-state index contributed by atoms with van der Waals surface area (Å²) in [4.78, 5) is 5.28. The molecule has 5 nitrogen and oxygen atoms in total. The van der Waals surface area contributed by atoms with Crippen LogP contribution in [0.25, 0.3) is 160 Å². The molecular weight excluding hydrogens is 1310 g/mol. The second-order valence-electron chi connectivity index (χ2n) is 28.5. The lowest BCUT2D eigenvalue weighted by molar-refractivity contribution is 0.669. The van der Waals surface area contributed by atoms with Crippen LogP contribution in [0.5, 0.6) is 0 Å². The molecule has 0 radical (unpaired) electrons. The molecule has 5 heterocycles. The van der Waals surface area contributed by atoms with Crippen molar-refractivity contribution in [2.75, 3.05) is 9.80 Å². The maximum absolute atomic E-state index is 7.80. The smallest absolute Gasteiger partial charge is 0.252 e. The Kier molecular flexibility index (Phi) is 14.0. The van der Waals surface area contributed by atoms with Gasteiger partial charge in [-0.2, -0.15) is 0 Å². The van der Waals surface area contributed by atoms with Gasteiger partial charge in [0.05, 0.1) is 28.1 Å². The molecule has 0 fully saturated rings. The summed E-state index contributed by atoms with van der Waals surface area (Å²) in [6.45, 7) is -0.423. The second-order valence-corrected chi connectivity index (χ2v) is 28.5. The summed E-state index contributed by atoms with van der Waals surface area (Å²) in [5.74, 6) is 0. The predicted molar refractivity (Wildman–Crippen MR) is 453 cm³/mol. The number of aromatic nitrogens is 1. The van der Waals surface area contributed by atoms with Crippen LogP contribution in [0.3, 0.4) is 0 Å². The summed E-state index contributed by atoms with van der Waals surface area (Å²) in [6, 6.07) is 143. The largest absolute Gasteiger partial charge is 0.456 e. The summed E-state index contributed by atoms with van der Waals surface area (Å²) < 4.78 is 17.5. The van der Waals surface area contributed by atoms with Gasteiger partial charge in [0.1, 0.15) is 16.7 Å². The Bertz CT molecular complexity index is 6760. The van der Waals surface area contributed by atoms with E-state index in [9.17, 15) is 0 Å². The Balaban J connectivity index is 0.922. The van der Waals surface area contributed by atoms with E-state index in [0.717, 1.165) is 200 Å². The zero-order chi connectivity index (χ0) is 70.9. The number of hydrogen-bond acceptors (Lipinski definition) is 4. The first-order valence-corrected chi connectivity index (χ1v) is 37.1. The highest BCUT2D eigenvalue weighted by Crippen LogP contribution is 2.57. The fourth-order valence-corrected chi connectivity index (χ4v) is 17.7. The standard InChI is InChI=1S/C102H64BN3O2/c1-5-27-65(28-6-1)69-35-21-39-73(57-69)78-47-25-48-79(74-40-22-36-70(58-74)66-29-7-2-8-30-66)99(78)105-92-56-55-77(104-90-51-17-13-43-82(90)83-44-14-18-52-91(83)104)61-88(92)103-89-64-97-86(84-45-15-19-53-95(84)107-97)62-93(89)106(101-98(103)94(105)63-87-85-46-16-20-54-96(85)108-102(87)101)100-80(75-41-23-37-71(59-75)67-31-9-3-10-32-67)49-26-50-81(100)76-42-24-38-72(60-76)68-33-11-4-12-34-68/h1-64H. The number of hydrogen-bond donors (Lipinski definition) is 0. The fraction of sp³-hybridized carbons (Fsp3) is 0. The Morgan fingerprint density at radius 3 is 1.06 bits per heavy atom. The van der Waals surface area contributed by atoms with Gasteiger partial charge in [0.15, 0.2) is 5.58 Å². The van der Waals surface area contributed by atoms with Gasteiger partial charge in [0, 0.05) is 77.3 Å². The first-order valence-electron chi connectivity index (χ1n) is 37.1. The summed E-state index contributed by atoms with van der Waals surface area (Å²) in [5, 5.41) is 6.50. The average Bonchev–Trinajstić information content (AvgIpc) is 1.29. The Labute approximate surface area is 625 Å². The van der Waals surface area contributed by atoms with E-state index in [0.29, 0.717) is 0 Å². The number of para-hydroxylation sites is 6. The second kappa shape index (κ2) is 24.7. The summed E-state index contributed by atoms with van der Waals surface area (Å²) in [5.41, 5.74) is 33.8. The molecule has 20 aromatic rings. The maximum Gasteiger partial charge on any atom is 0.252 e. The van der Waals surface area contributed by atoms with Crippen molar-refractivity contribution in [1.29, 1.82) is 0 Å². The highest BCUT2D eigenvalue weighted by atomic mass is 16.3. The number of benzene rings is 17. The lowest BCUT2D eigenvalue weighted by Gasteiger charge is -2.45. The predicted octanol–water partition coefficient (Wildman–Crippen LogP) is 26.0. The third-order valence-electron chi connectivity index (χ3n) is 22.5. The molecule has 0 atom stereocenters. The molecule has 0 aliphatic carbocycles. The lowest BCUT2D eigenvalue weighted by atomic mass is 9.33. The van der Waals surface area contributed by atoms with Gasteiger partial charge in [-0.1, -0.05) is 303 Å². The van der Waals surface area contributed by atoms with Crippen molar-refractivity contribution < 1.29 is 8.83 Å². The van der Waals surface area contributed by atoms with E-state index in [1.807, 2.05) is 0 Å². The SMILES string of the molecule is c1ccc(-c2cccc(-c3cccc(-c4cccc(-c5ccccc5)c4)c3N3c4ccc(-n5c6ccccc6c6ccccc65)cc4B4c5cc6oc7ccccc7c6cc5N(c5c(-c6cccc(-c7ccccc7)c6)cccc5-c5cccc(-c6ccccc6)c5)c5c4c3cc3c5oc4ccccc43)c2)cc1. The minimum atomic E-state index is -0.423. The Morgan fingerprint density at radius 2 is 0.583 bits per heavy atom. The topological polar surface area (TPSA) is 37.7 Å². The number of rotatable bonds is 11. The molecule has 0 bridgehead atoms. The van der Waals surface area contributed by atoms with Gasteiger partial charge in [0.2, 0.25) is 0 Å². The molecule has 17 aromatic carbocycles. The van der Waals surface area contributed by atoms with Crippen LogP contribution in [-0.4, -0.2) is 11.3 Å². The van der Waals surface area contributed by atoms with E-state index in [4.69, 9.17) is 8.83 Å². The fourth-order valence-electron chi connectivity index (χ4n) is 17.7. The number of anilines is 6. The van der Waals surface area contributed by atoms with E-state index >= 15 is 0 Å². The number of nitrogens with zero attached hydrogens (tertiary/aromatic N) is 3. The van der Waals surface area contributed by atoms with Crippen LogP contribution >= 0.6 is 0 Å². The molecule has 2 aliphatic rings. The van der Waals surface area contributed by atoms with Crippen molar-refractivity contribution >= 4 is 123 Å². The third-order valence-corrected chi connectivity index (χ3v) is 22.5. The first-order chi connectivity index (χ1) is 53.6. The van der Waals surface area contributed by atoms with Crippen molar-refractivity contribution in [3.8, 4) is 94.7 Å². The van der Waals surface area contributed by atoms with Crippen LogP contribution < -0.4 is 26.2 Å². The van der Waals surface area contributed by atoms with Crippen molar-refractivity contribution in [3.63, 3.8) is 0 Å². The van der Waals surface area contributed by atoms with E-state index in [-0.39, 0.29) is 0 Å². The first kappa shape index (κ1) is 61.3. The molecule has 2 aliphatic heterocycles. The normalized spacial score (nSPS) is 12.4. The molecule has 3 aromatic heterocycles. The molecule has 0 unspecified atom stereocenters. The van der Waals surface area contributed by atoms with Crippen molar-refractivity contribution in [2.24, 2.45) is 0 Å². The van der Waals surface area contributed by atoms with Gasteiger partial charge in [-0.3, -0.25) is 0 Å². The van der Waals surface area contributed by atoms with Crippen LogP contribution in [0.15, 0.2) is 397 Å². The molecule has 108 heavy (non-hydrogen) atoms. The minimum Gasteiger partial charge on any atom is -0.456 e. The number of furan rings is 2. The summed E-state index contributed by atoms with van der Waals surface area (Å²) >= 11 is 0.